The topological polar surface area (TPSA) is 27.7 Å². The molecule has 3 aromatic carbocycles. The van der Waals surface area contributed by atoms with Crippen molar-refractivity contribution < 1.29 is 14.2 Å². The molecular weight excluding hydrogens is 331 g/mol. The molecule has 25 heavy (non-hydrogen) atoms. The number of hydrogen-bond acceptors (Lipinski definition) is 3. The molecule has 1 aliphatic heterocycles. The van der Waals surface area contributed by atoms with Crippen LogP contribution in [0.15, 0.2) is 66.7 Å². The van der Waals surface area contributed by atoms with E-state index in [1.807, 2.05) is 36.4 Å². The van der Waals surface area contributed by atoms with E-state index in [0.29, 0.717) is 6.35 Å². The summed E-state index contributed by atoms with van der Waals surface area (Å²) in [5.41, 5.74) is 2.11. The summed E-state index contributed by atoms with van der Waals surface area (Å²) >= 11 is 0. The van der Waals surface area contributed by atoms with Crippen molar-refractivity contribution in [1.29, 1.82) is 0 Å². The second kappa shape index (κ2) is 6.78. The fraction of sp³-hybridized carbons (Fsp3) is 0.143. The SMILES string of the molecule is COc1cccc(OC)c1-c1cccc2c1[P@@](c1ccccc1)CO2. The van der Waals surface area contributed by atoms with Crippen molar-refractivity contribution >= 4 is 18.5 Å². The lowest BCUT2D eigenvalue weighted by Gasteiger charge is -2.18. The summed E-state index contributed by atoms with van der Waals surface area (Å²) in [6, 6.07) is 22.7. The molecular formula is C21H19O3P. The molecule has 0 saturated heterocycles. The largest absolute Gasteiger partial charge is 0.496 e. The summed E-state index contributed by atoms with van der Waals surface area (Å²) in [7, 11) is 2.82. The van der Waals surface area contributed by atoms with Gasteiger partial charge in [-0.05, 0) is 31.4 Å². The zero-order chi connectivity index (χ0) is 17.2. The molecule has 0 radical (unpaired) electrons. The van der Waals surface area contributed by atoms with Gasteiger partial charge in [0.2, 0.25) is 0 Å². The van der Waals surface area contributed by atoms with E-state index in [1.54, 1.807) is 14.2 Å². The Morgan fingerprint density at radius 2 is 1.48 bits per heavy atom. The number of ether oxygens (including phenoxy) is 3. The number of hydrogen-bond donors (Lipinski definition) is 0. The summed E-state index contributed by atoms with van der Waals surface area (Å²) in [6.45, 7) is 0. The minimum absolute atomic E-state index is 0.569. The second-order valence-electron chi connectivity index (χ2n) is 5.73. The van der Waals surface area contributed by atoms with E-state index in [1.165, 1.54) is 10.6 Å². The van der Waals surface area contributed by atoms with Crippen LogP contribution in [0.4, 0.5) is 0 Å². The van der Waals surface area contributed by atoms with Crippen molar-refractivity contribution in [2.75, 3.05) is 20.6 Å². The minimum Gasteiger partial charge on any atom is -0.496 e. The predicted octanol–water partition coefficient (Wildman–Crippen LogP) is 4.15. The Morgan fingerprint density at radius 3 is 2.16 bits per heavy atom. The molecule has 1 aliphatic rings. The van der Waals surface area contributed by atoms with Gasteiger partial charge in [-0.1, -0.05) is 48.5 Å². The van der Waals surface area contributed by atoms with Gasteiger partial charge < -0.3 is 14.2 Å². The van der Waals surface area contributed by atoms with Gasteiger partial charge in [-0.25, -0.2) is 0 Å². The molecule has 4 rings (SSSR count). The molecule has 4 heteroatoms. The van der Waals surface area contributed by atoms with Crippen LogP contribution in [0, 0.1) is 0 Å². The van der Waals surface area contributed by atoms with Crippen LogP contribution in [-0.4, -0.2) is 20.6 Å². The van der Waals surface area contributed by atoms with Crippen LogP contribution in [0.1, 0.15) is 0 Å². The van der Waals surface area contributed by atoms with Gasteiger partial charge in [-0.3, -0.25) is 0 Å². The average molecular weight is 350 g/mol. The smallest absolute Gasteiger partial charge is 0.130 e. The Hall–Kier alpha value is -2.51. The molecule has 0 N–H and O–H groups in total. The van der Waals surface area contributed by atoms with Gasteiger partial charge in [0.25, 0.3) is 0 Å². The fourth-order valence-corrected chi connectivity index (χ4v) is 5.46. The predicted molar refractivity (Wildman–Crippen MR) is 103 cm³/mol. The highest BCUT2D eigenvalue weighted by atomic mass is 31.1. The van der Waals surface area contributed by atoms with Crippen LogP contribution < -0.4 is 24.8 Å². The summed E-state index contributed by atoms with van der Waals surface area (Å²) in [6.07, 6.45) is 0.711. The normalized spacial score (nSPS) is 15.4. The highest BCUT2D eigenvalue weighted by Gasteiger charge is 2.30. The number of benzene rings is 3. The molecule has 0 unspecified atom stereocenters. The first-order chi connectivity index (χ1) is 12.3. The lowest BCUT2D eigenvalue weighted by atomic mass is 10.0. The monoisotopic (exact) mass is 350 g/mol. The molecule has 126 valence electrons. The average Bonchev–Trinajstić information content (AvgIpc) is 3.12. The van der Waals surface area contributed by atoms with Crippen LogP contribution in [0.2, 0.25) is 0 Å². The van der Waals surface area contributed by atoms with Crippen LogP contribution in [0.3, 0.4) is 0 Å². The van der Waals surface area contributed by atoms with Crippen molar-refractivity contribution in [3.63, 3.8) is 0 Å². The number of methoxy groups -OCH3 is 2. The van der Waals surface area contributed by atoms with Gasteiger partial charge in [0, 0.05) is 10.9 Å². The van der Waals surface area contributed by atoms with E-state index < -0.39 is 7.92 Å². The maximum Gasteiger partial charge on any atom is 0.130 e. The molecule has 1 atom stereocenters. The molecule has 0 fully saturated rings. The molecule has 1 heterocycles. The van der Waals surface area contributed by atoms with E-state index in [0.717, 1.165) is 28.4 Å². The highest BCUT2D eigenvalue weighted by Crippen LogP contribution is 2.49. The molecule has 0 aliphatic carbocycles. The summed E-state index contributed by atoms with van der Waals surface area (Å²) in [4.78, 5) is 0. The molecule has 3 nitrogen and oxygen atoms in total. The Morgan fingerprint density at radius 1 is 0.800 bits per heavy atom. The quantitative estimate of drug-likeness (QED) is 0.662. The lowest BCUT2D eigenvalue weighted by molar-refractivity contribution is 0.397. The van der Waals surface area contributed by atoms with Crippen molar-refractivity contribution in [2.24, 2.45) is 0 Å². The molecule has 0 bridgehead atoms. The van der Waals surface area contributed by atoms with Gasteiger partial charge in [0.15, 0.2) is 0 Å². The highest BCUT2D eigenvalue weighted by molar-refractivity contribution is 7.73. The Balaban J connectivity index is 1.94. The maximum atomic E-state index is 6.02. The van der Waals surface area contributed by atoms with Crippen molar-refractivity contribution in [3.05, 3.63) is 66.7 Å². The van der Waals surface area contributed by atoms with Crippen LogP contribution in [-0.2, 0) is 0 Å². The van der Waals surface area contributed by atoms with E-state index in [2.05, 4.69) is 30.3 Å². The first-order valence-corrected chi connectivity index (χ1v) is 9.66. The van der Waals surface area contributed by atoms with Crippen LogP contribution in [0.25, 0.3) is 11.1 Å². The van der Waals surface area contributed by atoms with Crippen molar-refractivity contribution in [1.82, 2.24) is 0 Å². The summed E-state index contributed by atoms with van der Waals surface area (Å²) in [5, 5.41) is 2.57. The minimum atomic E-state index is -0.569. The zero-order valence-corrected chi connectivity index (χ0v) is 15.1. The van der Waals surface area contributed by atoms with Gasteiger partial charge in [0.1, 0.15) is 23.6 Å². The Labute approximate surface area is 148 Å². The standard InChI is InChI=1S/C21H19O3P/c1-22-17-11-7-12-18(23-2)20(17)16-10-6-13-19-21(16)25(14-24-19)15-8-4-3-5-9-15/h3-13H,14H2,1-2H3/t25-/m1/s1. The molecule has 0 saturated carbocycles. The lowest BCUT2D eigenvalue weighted by Crippen LogP contribution is -2.12. The maximum absolute atomic E-state index is 6.02. The van der Waals surface area contributed by atoms with Crippen molar-refractivity contribution in [2.45, 2.75) is 0 Å². The van der Waals surface area contributed by atoms with E-state index in [9.17, 15) is 0 Å². The number of fused-ring (bicyclic) bond motifs is 1. The molecule has 0 aromatic heterocycles. The Bertz CT molecular complexity index is 871. The van der Waals surface area contributed by atoms with Crippen LogP contribution in [0.5, 0.6) is 17.2 Å². The number of rotatable bonds is 4. The van der Waals surface area contributed by atoms with Crippen molar-refractivity contribution in [3.8, 4) is 28.4 Å². The van der Waals surface area contributed by atoms with Gasteiger partial charge in [-0.2, -0.15) is 0 Å². The van der Waals surface area contributed by atoms with E-state index in [4.69, 9.17) is 14.2 Å². The zero-order valence-electron chi connectivity index (χ0n) is 14.2. The first kappa shape index (κ1) is 16.0. The summed E-state index contributed by atoms with van der Waals surface area (Å²) < 4.78 is 17.3. The van der Waals surface area contributed by atoms with E-state index in [-0.39, 0.29) is 0 Å². The summed E-state index contributed by atoms with van der Waals surface area (Å²) in [5.74, 6) is 2.57. The third-order valence-electron chi connectivity index (χ3n) is 4.38. The third-order valence-corrected chi connectivity index (χ3v) is 6.69. The van der Waals surface area contributed by atoms with E-state index >= 15 is 0 Å². The third kappa shape index (κ3) is 2.75. The molecule has 0 spiro atoms. The fourth-order valence-electron chi connectivity index (χ4n) is 3.25. The first-order valence-electron chi connectivity index (χ1n) is 8.13. The van der Waals surface area contributed by atoms with Crippen LogP contribution >= 0.6 is 7.92 Å². The van der Waals surface area contributed by atoms with Gasteiger partial charge in [-0.15, -0.1) is 0 Å². The Kier molecular flexibility index (Phi) is 4.33. The van der Waals surface area contributed by atoms with Gasteiger partial charge >= 0.3 is 0 Å². The second-order valence-corrected chi connectivity index (χ2v) is 7.80. The molecule has 3 aromatic rings. The molecule has 0 amide bonds. The van der Waals surface area contributed by atoms with Gasteiger partial charge in [0.05, 0.1) is 19.8 Å².